The minimum absolute atomic E-state index is 0.206. The van der Waals surface area contributed by atoms with Crippen molar-refractivity contribution in [1.82, 2.24) is 0 Å². The molecule has 18 heavy (non-hydrogen) atoms. The summed E-state index contributed by atoms with van der Waals surface area (Å²) in [5.74, 6) is 2.34. The Bertz CT molecular complexity index is 310. The summed E-state index contributed by atoms with van der Waals surface area (Å²) < 4.78 is 4.79. The highest BCUT2D eigenvalue weighted by atomic mass is 16.5. The lowest BCUT2D eigenvalue weighted by molar-refractivity contribution is -0.143. The minimum Gasteiger partial charge on any atom is -0.466 e. The molecule has 3 heteroatoms. The summed E-state index contributed by atoms with van der Waals surface area (Å²) in [6.45, 7) is 2.19. The van der Waals surface area contributed by atoms with Gasteiger partial charge in [-0.05, 0) is 26.2 Å². The smallest absolute Gasteiger partial charge is 0.305 e. The summed E-state index contributed by atoms with van der Waals surface area (Å²) in [7, 11) is 0. The van der Waals surface area contributed by atoms with E-state index < -0.39 is 6.10 Å². The van der Waals surface area contributed by atoms with Crippen molar-refractivity contribution in [3.8, 4) is 12.3 Å². The SMILES string of the molecule is C#CCC/C=C/C=C/[C@@H](O)CCCC(=O)OCC. The van der Waals surface area contributed by atoms with Crippen LogP contribution in [-0.4, -0.2) is 23.8 Å². The molecule has 0 fully saturated rings. The first-order valence-corrected chi connectivity index (χ1v) is 6.31. The van der Waals surface area contributed by atoms with Crippen LogP contribution >= 0.6 is 0 Å². The van der Waals surface area contributed by atoms with Crippen LogP contribution in [0.15, 0.2) is 24.3 Å². The van der Waals surface area contributed by atoms with E-state index in [0.29, 0.717) is 25.9 Å². The van der Waals surface area contributed by atoms with E-state index in [2.05, 4.69) is 5.92 Å². The van der Waals surface area contributed by atoms with E-state index >= 15 is 0 Å². The minimum atomic E-state index is -0.517. The Morgan fingerprint density at radius 2 is 2.28 bits per heavy atom. The van der Waals surface area contributed by atoms with Gasteiger partial charge in [-0.25, -0.2) is 0 Å². The Morgan fingerprint density at radius 1 is 1.50 bits per heavy atom. The van der Waals surface area contributed by atoms with Gasteiger partial charge in [0.2, 0.25) is 0 Å². The van der Waals surface area contributed by atoms with Gasteiger partial charge in [0.1, 0.15) is 0 Å². The van der Waals surface area contributed by atoms with E-state index in [1.807, 2.05) is 12.2 Å². The average Bonchev–Trinajstić information content (AvgIpc) is 2.34. The van der Waals surface area contributed by atoms with Gasteiger partial charge in [0, 0.05) is 12.8 Å². The predicted molar refractivity (Wildman–Crippen MR) is 72.8 cm³/mol. The molecule has 0 saturated heterocycles. The molecule has 0 aliphatic rings. The molecule has 0 rings (SSSR count). The van der Waals surface area contributed by atoms with E-state index in [1.165, 1.54) is 0 Å². The third-order valence-electron chi connectivity index (χ3n) is 2.22. The quantitative estimate of drug-likeness (QED) is 0.296. The molecule has 1 atom stereocenters. The molecule has 0 aromatic carbocycles. The molecule has 0 aliphatic heterocycles. The zero-order valence-electron chi connectivity index (χ0n) is 11.0. The molecule has 0 saturated carbocycles. The molecule has 0 radical (unpaired) electrons. The maximum Gasteiger partial charge on any atom is 0.305 e. The summed E-state index contributed by atoms with van der Waals surface area (Å²) >= 11 is 0. The number of hydrogen-bond acceptors (Lipinski definition) is 3. The highest BCUT2D eigenvalue weighted by Crippen LogP contribution is 2.03. The van der Waals surface area contributed by atoms with E-state index in [1.54, 1.807) is 19.1 Å². The number of terminal acetylenes is 1. The lowest BCUT2D eigenvalue weighted by Gasteiger charge is -2.04. The second-order valence-electron chi connectivity index (χ2n) is 3.82. The number of hydrogen-bond donors (Lipinski definition) is 1. The zero-order chi connectivity index (χ0) is 13.6. The van der Waals surface area contributed by atoms with Gasteiger partial charge in [-0.1, -0.05) is 24.3 Å². The van der Waals surface area contributed by atoms with Crippen molar-refractivity contribution in [2.24, 2.45) is 0 Å². The average molecular weight is 250 g/mol. The molecule has 0 aromatic heterocycles. The largest absolute Gasteiger partial charge is 0.466 e. The van der Waals surface area contributed by atoms with E-state index in [-0.39, 0.29) is 5.97 Å². The summed E-state index contributed by atoms with van der Waals surface area (Å²) in [5, 5.41) is 9.59. The van der Waals surface area contributed by atoms with Gasteiger partial charge in [0.25, 0.3) is 0 Å². The van der Waals surface area contributed by atoms with Crippen molar-refractivity contribution in [2.45, 2.75) is 45.1 Å². The predicted octanol–water partition coefficient (Wildman–Crippen LogP) is 2.61. The first kappa shape index (κ1) is 16.5. The van der Waals surface area contributed by atoms with Crippen molar-refractivity contribution >= 4 is 5.97 Å². The fourth-order valence-corrected chi connectivity index (χ4v) is 1.32. The van der Waals surface area contributed by atoms with Gasteiger partial charge < -0.3 is 9.84 Å². The van der Waals surface area contributed by atoms with Gasteiger partial charge in [-0.15, -0.1) is 12.3 Å². The Labute approximate surface area is 110 Å². The van der Waals surface area contributed by atoms with Crippen LogP contribution in [0.5, 0.6) is 0 Å². The summed E-state index contributed by atoms with van der Waals surface area (Å²) in [6, 6.07) is 0. The fourth-order valence-electron chi connectivity index (χ4n) is 1.32. The molecule has 1 N–H and O–H groups in total. The molecule has 0 amide bonds. The Morgan fingerprint density at radius 3 is 2.94 bits per heavy atom. The number of carbonyl (C=O) groups is 1. The van der Waals surface area contributed by atoms with E-state index in [0.717, 1.165) is 12.8 Å². The van der Waals surface area contributed by atoms with Crippen molar-refractivity contribution < 1.29 is 14.6 Å². The molecule has 0 spiro atoms. The van der Waals surface area contributed by atoms with Gasteiger partial charge in [-0.3, -0.25) is 4.79 Å². The molecule has 0 heterocycles. The maximum absolute atomic E-state index is 11.0. The molecular weight excluding hydrogens is 228 g/mol. The number of allylic oxidation sites excluding steroid dienone is 3. The second-order valence-corrected chi connectivity index (χ2v) is 3.82. The van der Waals surface area contributed by atoms with Crippen LogP contribution in [-0.2, 0) is 9.53 Å². The number of unbranched alkanes of at least 4 members (excludes halogenated alkanes) is 1. The van der Waals surface area contributed by atoms with Crippen LogP contribution in [0.25, 0.3) is 0 Å². The number of carbonyl (C=O) groups excluding carboxylic acids is 1. The summed E-state index contributed by atoms with van der Waals surface area (Å²) in [6.07, 6.45) is 15.1. The van der Waals surface area contributed by atoms with Crippen molar-refractivity contribution in [3.63, 3.8) is 0 Å². The van der Waals surface area contributed by atoms with Crippen molar-refractivity contribution in [1.29, 1.82) is 0 Å². The highest BCUT2D eigenvalue weighted by Gasteiger charge is 2.03. The first-order chi connectivity index (χ1) is 8.70. The van der Waals surface area contributed by atoms with Crippen LogP contribution in [0.2, 0.25) is 0 Å². The van der Waals surface area contributed by atoms with E-state index in [9.17, 15) is 9.90 Å². The standard InChI is InChI=1S/C15H22O3/c1-3-5-6-7-8-9-11-14(16)12-10-13-15(17)18-4-2/h1,7-9,11,14,16H,4-6,10,12-13H2,2H3/b8-7+,11-9+/t14-/m1/s1. The monoisotopic (exact) mass is 250 g/mol. The van der Waals surface area contributed by atoms with E-state index in [4.69, 9.17) is 11.2 Å². The van der Waals surface area contributed by atoms with Crippen molar-refractivity contribution in [2.75, 3.05) is 6.61 Å². The third-order valence-corrected chi connectivity index (χ3v) is 2.22. The van der Waals surface area contributed by atoms with Crippen molar-refractivity contribution in [3.05, 3.63) is 24.3 Å². The lowest BCUT2D eigenvalue weighted by Crippen LogP contribution is -2.07. The van der Waals surface area contributed by atoms with Gasteiger partial charge in [-0.2, -0.15) is 0 Å². The molecule has 100 valence electrons. The normalized spacial score (nSPS) is 12.7. The topological polar surface area (TPSA) is 46.5 Å². The second kappa shape index (κ2) is 11.9. The molecule has 0 aliphatic carbocycles. The fraction of sp³-hybridized carbons (Fsp3) is 0.533. The van der Waals surface area contributed by atoms with Crippen LogP contribution in [0, 0.1) is 12.3 Å². The molecular formula is C15H22O3. The van der Waals surface area contributed by atoms with Gasteiger partial charge in [0.15, 0.2) is 0 Å². The highest BCUT2D eigenvalue weighted by molar-refractivity contribution is 5.69. The Kier molecular flexibility index (Phi) is 10.9. The maximum atomic E-state index is 11.0. The summed E-state index contributed by atoms with van der Waals surface area (Å²) in [4.78, 5) is 11.0. The Hall–Kier alpha value is -1.53. The number of aliphatic hydroxyl groups is 1. The molecule has 0 unspecified atom stereocenters. The number of ether oxygens (including phenoxy) is 1. The van der Waals surface area contributed by atoms with Gasteiger partial charge >= 0.3 is 5.97 Å². The van der Waals surface area contributed by atoms with Crippen LogP contribution in [0.1, 0.15) is 39.0 Å². The zero-order valence-corrected chi connectivity index (χ0v) is 11.0. The summed E-state index contributed by atoms with van der Waals surface area (Å²) in [5.41, 5.74) is 0. The van der Waals surface area contributed by atoms with Crippen LogP contribution in [0.4, 0.5) is 0 Å². The number of rotatable bonds is 9. The first-order valence-electron chi connectivity index (χ1n) is 6.31. The molecule has 3 nitrogen and oxygen atoms in total. The van der Waals surface area contributed by atoms with Gasteiger partial charge in [0.05, 0.1) is 12.7 Å². The van der Waals surface area contributed by atoms with Crippen LogP contribution in [0.3, 0.4) is 0 Å². The number of esters is 1. The number of aliphatic hydroxyl groups excluding tert-OH is 1. The Balaban J connectivity index is 3.61. The molecule has 0 bridgehead atoms. The van der Waals surface area contributed by atoms with Crippen LogP contribution < -0.4 is 0 Å². The third kappa shape index (κ3) is 11.0. The lowest BCUT2D eigenvalue weighted by atomic mass is 10.1. The molecule has 0 aromatic rings.